The van der Waals surface area contributed by atoms with E-state index in [9.17, 15) is 14.7 Å². The molecule has 1 aromatic rings. The standard InChI is InChI=1S/C13H20N4O3S/c1-16(2)12(20)10-9(14)8(11(15)19)13(21-10)17-5-3-4-7(18)6-17/h7,18H,3-6,14H2,1-2H3,(H2,15,19). The molecule has 1 saturated heterocycles. The molecule has 1 aromatic heterocycles. The molecule has 0 bridgehead atoms. The van der Waals surface area contributed by atoms with Crippen molar-refractivity contribution in [2.24, 2.45) is 5.73 Å². The molecule has 7 nitrogen and oxygen atoms in total. The lowest BCUT2D eigenvalue weighted by molar-refractivity contribution is 0.0833. The van der Waals surface area contributed by atoms with E-state index >= 15 is 0 Å². The van der Waals surface area contributed by atoms with Gasteiger partial charge in [-0.3, -0.25) is 9.59 Å². The molecule has 1 atom stereocenters. The summed E-state index contributed by atoms with van der Waals surface area (Å²) < 4.78 is 0. The second-order valence-electron chi connectivity index (χ2n) is 5.33. The van der Waals surface area contributed by atoms with Crippen LogP contribution in [-0.2, 0) is 0 Å². The van der Waals surface area contributed by atoms with Gasteiger partial charge in [-0.15, -0.1) is 11.3 Å². The number of primary amides is 1. The van der Waals surface area contributed by atoms with Gasteiger partial charge in [0.15, 0.2) is 0 Å². The highest BCUT2D eigenvalue weighted by Crippen LogP contribution is 2.39. The van der Waals surface area contributed by atoms with Crippen LogP contribution in [0.1, 0.15) is 32.9 Å². The first-order valence-electron chi connectivity index (χ1n) is 6.69. The van der Waals surface area contributed by atoms with Gasteiger partial charge in [0.05, 0.1) is 17.4 Å². The summed E-state index contributed by atoms with van der Waals surface area (Å²) in [7, 11) is 3.24. The van der Waals surface area contributed by atoms with E-state index in [4.69, 9.17) is 11.5 Å². The molecule has 21 heavy (non-hydrogen) atoms. The minimum atomic E-state index is -0.656. The zero-order valence-electron chi connectivity index (χ0n) is 12.1. The van der Waals surface area contributed by atoms with Gasteiger partial charge in [-0.2, -0.15) is 0 Å². The van der Waals surface area contributed by atoms with E-state index in [1.807, 2.05) is 4.90 Å². The summed E-state index contributed by atoms with van der Waals surface area (Å²) in [5.74, 6) is -0.916. The number of carbonyl (C=O) groups excluding carboxylic acids is 2. The van der Waals surface area contributed by atoms with Crippen molar-refractivity contribution in [1.29, 1.82) is 0 Å². The molecule has 0 radical (unpaired) electrons. The first-order valence-corrected chi connectivity index (χ1v) is 7.51. The fraction of sp³-hybridized carbons (Fsp3) is 0.538. The summed E-state index contributed by atoms with van der Waals surface area (Å²) in [6.07, 6.45) is 1.09. The Morgan fingerprint density at radius 3 is 2.62 bits per heavy atom. The summed E-state index contributed by atoms with van der Waals surface area (Å²) >= 11 is 1.16. The van der Waals surface area contributed by atoms with E-state index in [1.54, 1.807) is 14.1 Å². The number of β-amino-alcohol motifs (C(OH)–C–C–N with tert-alkyl or cyclic N) is 1. The van der Waals surface area contributed by atoms with Crippen LogP contribution < -0.4 is 16.4 Å². The number of thiophene rings is 1. The Balaban J connectivity index is 2.47. The highest BCUT2D eigenvalue weighted by Gasteiger charge is 2.30. The van der Waals surface area contributed by atoms with Crippen LogP contribution in [0.4, 0.5) is 10.7 Å². The smallest absolute Gasteiger partial charge is 0.265 e. The zero-order chi connectivity index (χ0) is 15.7. The van der Waals surface area contributed by atoms with Gasteiger partial charge in [0, 0.05) is 27.2 Å². The van der Waals surface area contributed by atoms with Gasteiger partial charge in [-0.05, 0) is 12.8 Å². The highest BCUT2D eigenvalue weighted by atomic mass is 32.1. The lowest BCUT2D eigenvalue weighted by Crippen LogP contribution is -2.38. The van der Waals surface area contributed by atoms with E-state index < -0.39 is 12.0 Å². The van der Waals surface area contributed by atoms with Gasteiger partial charge < -0.3 is 26.4 Å². The number of carbonyl (C=O) groups is 2. The second-order valence-corrected chi connectivity index (χ2v) is 6.33. The topological polar surface area (TPSA) is 113 Å². The van der Waals surface area contributed by atoms with Crippen molar-refractivity contribution in [2.75, 3.05) is 37.8 Å². The first kappa shape index (κ1) is 15.6. The average molecular weight is 312 g/mol. The Kier molecular flexibility index (Phi) is 4.38. The molecule has 1 fully saturated rings. The van der Waals surface area contributed by atoms with Crippen LogP contribution in [0.15, 0.2) is 0 Å². The fourth-order valence-electron chi connectivity index (χ4n) is 2.39. The number of hydrogen-bond acceptors (Lipinski definition) is 6. The molecular weight excluding hydrogens is 292 g/mol. The lowest BCUT2D eigenvalue weighted by Gasteiger charge is -2.31. The van der Waals surface area contributed by atoms with Crippen LogP contribution in [-0.4, -0.2) is 55.1 Å². The van der Waals surface area contributed by atoms with Gasteiger partial charge in [0.1, 0.15) is 9.88 Å². The number of anilines is 2. The molecule has 8 heteroatoms. The first-order chi connectivity index (χ1) is 9.82. The molecule has 0 saturated carbocycles. The average Bonchev–Trinajstić information content (AvgIpc) is 2.75. The molecule has 116 valence electrons. The van der Waals surface area contributed by atoms with Crippen molar-refractivity contribution in [3.05, 3.63) is 10.4 Å². The van der Waals surface area contributed by atoms with Crippen LogP contribution in [0, 0.1) is 0 Å². The van der Waals surface area contributed by atoms with Crippen LogP contribution >= 0.6 is 11.3 Å². The van der Waals surface area contributed by atoms with Gasteiger partial charge in [0.2, 0.25) is 0 Å². The maximum atomic E-state index is 12.1. The lowest BCUT2D eigenvalue weighted by atomic mass is 10.1. The predicted molar refractivity (Wildman–Crippen MR) is 82.7 cm³/mol. The van der Waals surface area contributed by atoms with E-state index in [0.29, 0.717) is 23.0 Å². The SMILES string of the molecule is CN(C)C(=O)c1sc(N2CCCC(O)C2)c(C(N)=O)c1N. The Bertz CT molecular complexity index is 570. The van der Waals surface area contributed by atoms with Crippen molar-refractivity contribution in [1.82, 2.24) is 4.90 Å². The number of rotatable bonds is 3. The number of amides is 2. The Hall–Kier alpha value is -1.80. The van der Waals surface area contributed by atoms with Crippen molar-refractivity contribution in [2.45, 2.75) is 18.9 Å². The van der Waals surface area contributed by atoms with Crippen LogP contribution in [0.2, 0.25) is 0 Å². The Morgan fingerprint density at radius 2 is 2.10 bits per heavy atom. The molecule has 1 aliphatic heterocycles. The third-order valence-electron chi connectivity index (χ3n) is 3.46. The van der Waals surface area contributed by atoms with Gasteiger partial charge in [-0.25, -0.2) is 0 Å². The number of nitrogen functional groups attached to an aromatic ring is 1. The van der Waals surface area contributed by atoms with Gasteiger partial charge in [-0.1, -0.05) is 0 Å². The van der Waals surface area contributed by atoms with Gasteiger partial charge in [0.25, 0.3) is 11.8 Å². The predicted octanol–water partition coefficient (Wildman–Crippen LogP) is 0.0921. The van der Waals surface area contributed by atoms with Crippen molar-refractivity contribution in [3.8, 4) is 0 Å². The molecule has 2 rings (SSSR count). The number of hydrogen-bond donors (Lipinski definition) is 3. The third kappa shape index (κ3) is 2.96. The van der Waals surface area contributed by atoms with E-state index in [1.165, 1.54) is 4.90 Å². The number of aliphatic hydroxyl groups is 1. The minimum Gasteiger partial charge on any atom is -0.397 e. The molecule has 0 aliphatic carbocycles. The van der Waals surface area contributed by atoms with Crippen LogP contribution in [0.5, 0.6) is 0 Å². The number of nitrogens with zero attached hydrogens (tertiary/aromatic N) is 2. The minimum absolute atomic E-state index is 0.126. The van der Waals surface area contributed by atoms with Crippen molar-refractivity contribution < 1.29 is 14.7 Å². The largest absolute Gasteiger partial charge is 0.397 e. The normalized spacial score (nSPS) is 18.6. The molecule has 1 unspecified atom stereocenters. The van der Waals surface area contributed by atoms with E-state index in [-0.39, 0.29) is 17.2 Å². The van der Waals surface area contributed by atoms with Crippen molar-refractivity contribution in [3.63, 3.8) is 0 Å². The molecule has 1 aliphatic rings. The molecule has 0 aromatic carbocycles. The molecule has 2 amide bonds. The monoisotopic (exact) mass is 312 g/mol. The molecule has 2 heterocycles. The number of nitrogens with two attached hydrogens (primary N) is 2. The van der Waals surface area contributed by atoms with Crippen molar-refractivity contribution >= 4 is 33.8 Å². The molecule has 5 N–H and O–H groups in total. The number of aliphatic hydroxyl groups excluding tert-OH is 1. The zero-order valence-corrected chi connectivity index (χ0v) is 12.9. The summed E-state index contributed by atoms with van der Waals surface area (Å²) in [4.78, 5) is 27.4. The summed E-state index contributed by atoms with van der Waals surface area (Å²) in [6, 6.07) is 0. The molecular formula is C13H20N4O3S. The van der Waals surface area contributed by atoms with Gasteiger partial charge >= 0.3 is 0 Å². The third-order valence-corrected chi connectivity index (χ3v) is 4.71. The Morgan fingerprint density at radius 1 is 1.43 bits per heavy atom. The van der Waals surface area contributed by atoms with Crippen LogP contribution in [0.25, 0.3) is 0 Å². The molecule has 0 spiro atoms. The maximum absolute atomic E-state index is 12.1. The van der Waals surface area contributed by atoms with Crippen LogP contribution in [0.3, 0.4) is 0 Å². The Labute approximate surface area is 127 Å². The quantitative estimate of drug-likeness (QED) is 0.732. The highest BCUT2D eigenvalue weighted by molar-refractivity contribution is 7.19. The van der Waals surface area contributed by atoms with E-state index in [0.717, 1.165) is 24.2 Å². The summed E-state index contributed by atoms with van der Waals surface area (Å²) in [5, 5.41) is 10.4. The number of piperidine rings is 1. The summed E-state index contributed by atoms with van der Waals surface area (Å²) in [6.45, 7) is 1.11. The maximum Gasteiger partial charge on any atom is 0.265 e. The van der Waals surface area contributed by atoms with E-state index in [2.05, 4.69) is 0 Å². The summed E-state index contributed by atoms with van der Waals surface area (Å²) in [5.41, 5.74) is 11.7. The fourth-order valence-corrected chi connectivity index (χ4v) is 3.68. The second kappa shape index (κ2) is 5.90.